The summed E-state index contributed by atoms with van der Waals surface area (Å²) in [6, 6.07) is 13.9. The van der Waals surface area contributed by atoms with Crippen molar-refractivity contribution in [3.05, 3.63) is 71.2 Å². The molecule has 3 rings (SSSR count). The molecule has 2 aromatic carbocycles. The number of hydrogen-bond acceptors (Lipinski definition) is 2. The van der Waals surface area contributed by atoms with Crippen LogP contribution in [0.5, 0.6) is 0 Å². The molecule has 0 radical (unpaired) electrons. The topological polar surface area (TPSA) is 33.4 Å². The molecule has 1 N–H and O–H groups in total. The Morgan fingerprint density at radius 3 is 2.63 bits per heavy atom. The maximum atomic E-state index is 13.6. The summed E-state index contributed by atoms with van der Waals surface area (Å²) in [6.45, 7) is 1.92. The van der Waals surface area contributed by atoms with Gasteiger partial charge < -0.3 is 9.52 Å². The average molecular weight is 256 g/mol. The maximum Gasteiger partial charge on any atom is 0.170 e. The zero-order chi connectivity index (χ0) is 13.4. The van der Waals surface area contributed by atoms with E-state index in [9.17, 15) is 9.50 Å². The van der Waals surface area contributed by atoms with Gasteiger partial charge in [-0.25, -0.2) is 4.39 Å². The maximum absolute atomic E-state index is 13.6. The van der Waals surface area contributed by atoms with Crippen LogP contribution in [0.25, 0.3) is 11.0 Å². The van der Waals surface area contributed by atoms with Gasteiger partial charge in [-0.15, -0.1) is 0 Å². The van der Waals surface area contributed by atoms with Gasteiger partial charge in [-0.3, -0.25) is 0 Å². The second-order valence-electron chi connectivity index (χ2n) is 4.57. The Labute approximate surface area is 110 Å². The fraction of sp³-hybridized carbons (Fsp3) is 0.125. The molecule has 0 saturated carbocycles. The van der Waals surface area contributed by atoms with Crippen molar-refractivity contribution in [2.24, 2.45) is 0 Å². The Balaban J connectivity index is 2.10. The van der Waals surface area contributed by atoms with Gasteiger partial charge in [-0.1, -0.05) is 36.4 Å². The lowest BCUT2D eigenvalue weighted by Crippen LogP contribution is -2.00. The highest BCUT2D eigenvalue weighted by molar-refractivity contribution is 5.78. The van der Waals surface area contributed by atoms with Gasteiger partial charge in [0.1, 0.15) is 11.9 Å². The second-order valence-corrected chi connectivity index (χ2v) is 4.57. The lowest BCUT2D eigenvalue weighted by molar-refractivity contribution is 0.191. The van der Waals surface area contributed by atoms with Crippen LogP contribution in [0.15, 0.2) is 52.9 Å². The Hall–Kier alpha value is -2.13. The monoisotopic (exact) mass is 256 g/mol. The van der Waals surface area contributed by atoms with Crippen molar-refractivity contribution >= 4 is 11.0 Å². The van der Waals surface area contributed by atoms with Crippen molar-refractivity contribution in [2.45, 2.75) is 13.0 Å². The van der Waals surface area contributed by atoms with E-state index in [1.807, 2.05) is 31.2 Å². The van der Waals surface area contributed by atoms with Crippen LogP contribution >= 0.6 is 0 Å². The predicted molar refractivity (Wildman–Crippen MR) is 71.4 cm³/mol. The highest BCUT2D eigenvalue weighted by Crippen LogP contribution is 2.30. The molecule has 0 spiro atoms. The van der Waals surface area contributed by atoms with Crippen LogP contribution in [0.4, 0.5) is 4.39 Å². The lowest BCUT2D eigenvalue weighted by Gasteiger charge is -2.10. The van der Waals surface area contributed by atoms with Gasteiger partial charge in [-0.05, 0) is 30.2 Å². The summed E-state index contributed by atoms with van der Waals surface area (Å²) < 4.78 is 19.0. The number of aliphatic hydroxyl groups is 1. The molecule has 0 amide bonds. The van der Waals surface area contributed by atoms with Crippen LogP contribution < -0.4 is 0 Å². The van der Waals surface area contributed by atoms with Gasteiger partial charge in [0.05, 0.1) is 0 Å². The number of para-hydroxylation sites is 1. The van der Waals surface area contributed by atoms with Gasteiger partial charge in [0.25, 0.3) is 0 Å². The summed E-state index contributed by atoms with van der Waals surface area (Å²) in [5.74, 6) is -0.0601. The number of aryl methyl sites for hydroxylation is 1. The van der Waals surface area contributed by atoms with E-state index in [1.54, 1.807) is 18.2 Å². The highest BCUT2D eigenvalue weighted by Gasteiger charge is 2.18. The first kappa shape index (κ1) is 11.9. The third-order valence-electron chi connectivity index (χ3n) is 3.27. The summed E-state index contributed by atoms with van der Waals surface area (Å²) in [5.41, 5.74) is 1.92. The third kappa shape index (κ3) is 2.02. The molecule has 0 aliphatic rings. The lowest BCUT2D eigenvalue weighted by atomic mass is 10.0. The van der Waals surface area contributed by atoms with Gasteiger partial charge in [-0.2, -0.15) is 0 Å². The Kier molecular flexibility index (Phi) is 2.84. The van der Waals surface area contributed by atoms with Gasteiger partial charge in [0, 0.05) is 5.39 Å². The van der Waals surface area contributed by atoms with Crippen LogP contribution in [0.2, 0.25) is 0 Å². The van der Waals surface area contributed by atoms with E-state index in [4.69, 9.17) is 4.42 Å². The van der Waals surface area contributed by atoms with Crippen LogP contribution in [-0.2, 0) is 0 Å². The van der Waals surface area contributed by atoms with Crippen molar-refractivity contribution in [2.75, 3.05) is 0 Å². The number of benzene rings is 2. The van der Waals surface area contributed by atoms with Gasteiger partial charge in [0.2, 0.25) is 0 Å². The molecule has 1 aromatic heterocycles. The first-order valence-corrected chi connectivity index (χ1v) is 6.08. The zero-order valence-electron chi connectivity index (χ0n) is 10.4. The van der Waals surface area contributed by atoms with Gasteiger partial charge >= 0.3 is 0 Å². The van der Waals surface area contributed by atoms with Crippen LogP contribution in [-0.4, -0.2) is 5.11 Å². The van der Waals surface area contributed by atoms with Crippen molar-refractivity contribution in [1.29, 1.82) is 0 Å². The van der Waals surface area contributed by atoms with Crippen LogP contribution in [0.3, 0.4) is 0 Å². The van der Waals surface area contributed by atoms with Gasteiger partial charge in [0.15, 0.2) is 11.4 Å². The van der Waals surface area contributed by atoms with Crippen molar-refractivity contribution in [1.82, 2.24) is 0 Å². The first-order chi connectivity index (χ1) is 9.16. The van der Waals surface area contributed by atoms with E-state index >= 15 is 0 Å². The van der Waals surface area contributed by atoms with E-state index in [-0.39, 0.29) is 5.58 Å². The number of halogens is 1. The summed E-state index contributed by atoms with van der Waals surface area (Å²) in [5, 5.41) is 11.0. The quantitative estimate of drug-likeness (QED) is 0.752. The number of furan rings is 1. The molecule has 0 aliphatic carbocycles. The Morgan fingerprint density at radius 2 is 1.89 bits per heavy atom. The molecule has 1 heterocycles. The molecule has 3 aromatic rings. The molecular weight excluding hydrogens is 243 g/mol. The fourth-order valence-corrected chi connectivity index (χ4v) is 2.23. The molecule has 0 aliphatic heterocycles. The smallest absolute Gasteiger partial charge is 0.170 e. The van der Waals surface area contributed by atoms with E-state index in [0.717, 1.165) is 11.1 Å². The van der Waals surface area contributed by atoms with Crippen molar-refractivity contribution in [3.63, 3.8) is 0 Å². The van der Waals surface area contributed by atoms with E-state index < -0.39 is 11.9 Å². The molecule has 0 saturated heterocycles. The number of fused-ring (bicyclic) bond motifs is 1. The molecular formula is C16H13FO2. The largest absolute Gasteiger partial charge is 0.455 e. The number of rotatable bonds is 2. The SMILES string of the molecule is Cc1ccccc1C(O)c1cc2cccc(F)c2o1. The number of aliphatic hydroxyl groups excluding tert-OH is 1. The molecule has 0 bridgehead atoms. The summed E-state index contributed by atoms with van der Waals surface area (Å²) >= 11 is 0. The third-order valence-corrected chi connectivity index (χ3v) is 3.27. The normalized spacial score (nSPS) is 12.8. The minimum Gasteiger partial charge on any atom is -0.455 e. The molecule has 3 heteroatoms. The Bertz CT molecular complexity index is 730. The molecule has 2 nitrogen and oxygen atoms in total. The molecule has 19 heavy (non-hydrogen) atoms. The van der Waals surface area contributed by atoms with Crippen molar-refractivity contribution < 1.29 is 13.9 Å². The highest BCUT2D eigenvalue weighted by atomic mass is 19.1. The Morgan fingerprint density at radius 1 is 1.11 bits per heavy atom. The van der Waals surface area contributed by atoms with Crippen LogP contribution in [0.1, 0.15) is 23.0 Å². The second kappa shape index (κ2) is 4.52. The number of hydrogen-bond donors (Lipinski definition) is 1. The fourth-order valence-electron chi connectivity index (χ4n) is 2.23. The predicted octanol–water partition coefficient (Wildman–Crippen LogP) is 3.96. The average Bonchev–Trinajstić information content (AvgIpc) is 2.84. The molecule has 1 unspecified atom stereocenters. The minimum absolute atomic E-state index is 0.185. The van der Waals surface area contributed by atoms with E-state index in [0.29, 0.717) is 11.1 Å². The molecule has 96 valence electrons. The summed E-state index contributed by atoms with van der Waals surface area (Å²) in [6.07, 6.45) is -0.881. The van der Waals surface area contributed by atoms with Crippen LogP contribution in [0, 0.1) is 12.7 Å². The van der Waals surface area contributed by atoms with Crippen molar-refractivity contribution in [3.8, 4) is 0 Å². The summed E-state index contributed by atoms with van der Waals surface area (Å²) in [7, 11) is 0. The molecule has 0 fully saturated rings. The zero-order valence-corrected chi connectivity index (χ0v) is 10.4. The molecule has 1 atom stereocenters. The first-order valence-electron chi connectivity index (χ1n) is 6.08. The minimum atomic E-state index is -0.881. The van der Waals surface area contributed by atoms with E-state index in [1.165, 1.54) is 6.07 Å². The standard InChI is InChI=1S/C16H13FO2/c1-10-5-2-3-7-12(10)15(18)14-9-11-6-4-8-13(17)16(11)19-14/h2-9,15,18H,1H3. The van der Waals surface area contributed by atoms with E-state index in [2.05, 4.69) is 0 Å². The summed E-state index contributed by atoms with van der Waals surface area (Å²) in [4.78, 5) is 0.